The minimum absolute atomic E-state index is 0.0793. The molecule has 0 aliphatic rings. The molecule has 0 radical (unpaired) electrons. The van der Waals surface area contributed by atoms with Gasteiger partial charge in [0.05, 0.1) is 22.5 Å². The van der Waals surface area contributed by atoms with Crippen LogP contribution in [0.25, 0.3) is 11.1 Å². The number of rotatable bonds is 5. The summed E-state index contributed by atoms with van der Waals surface area (Å²) in [6.07, 6.45) is 6.43. The molecule has 3 N–H and O–H groups in total. The molecule has 3 heterocycles. The van der Waals surface area contributed by atoms with Gasteiger partial charge >= 0.3 is 0 Å². The Morgan fingerprint density at radius 1 is 1.15 bits per heavy atom. The lowest BCUT2D eigenvalue weighted by molar-refractivity contribution is 0.0994. The predicted molar refractivity (Wildman–Crippen MR) is 97.5 cm³/mol. The van der Waals surface area contributed by atoms with E-state index in [-0.39, 0.29) is 5.69 Å². The molecule has 3 rings (SSSR count). The van der Waals surface area contributed by atoms with Gasteiger partial charge in [0.15, 0.2) is 5.69 Å². The van der Waals surface area contributed by atoms with Crippen LogP contribution >= 0.6 is 11.6 Å². The van der Waals surface area contributed by atoms with E-state index >= 15 is 0 Å². The van der Waals surface area contributed by atoms with E-state index in [1.807, 2.05) is 13.8 Å². The summed E-state index contributed by atoms with van der Waals surface area (Å²) in [4.78, 5) is 24.2. The minimum Gasteiger partial charge on any atom is -0.364 e. The summed E-state index contributed by atoms with van der Waals surface area (Å²) in [6.45, 7) is 3.87. The molecule has 1 amide bonds. The van der Waals surface area contributed by atoms with Crippen molar-refractivity contribution in [1.29, 1.82) is 0 Å². The molecular formula is C17H16ClN7O. The van der Waals surface area contributed by atoms with Gasteiger partial charge in [-0.1, -0.05) is 11.6 Å². The number of nitrogens with zero attached hydrogens (tertiary/aromatic N) is 5. The van der Waals surface area contributed by atoms with Crippen LogP contribution in [-0.4, -0.2) is 31.1 Å². The summed E-state index contributed by atoms with van der Waals surface area (Å²) in [5, 5.41) is 11.2. The molecule has 0 atom stereocenters. The monoisotopic (exact) mass is 369 g/mol. The second-order valence-corrected chi connectivity index (χ2v) is 6.48. The first-order valence-electron chi connectivity index (χ1n) is 7.71. The number of pyridine rings is 1. The van der Waals surface area contributed by atoms with Gasteiger partial charge in [0.2, 0.25) is 5.95 Å². The van der Waals surface area contributed by atoms with Crippen molar-refractivity contribution >= 4 is 23.5 Å². The van der Waals surface area contributed by atoms with Gasteiger partial charge in [-0.2, -0.15) is 5.10 Å². The Kier molecular flexibility index (Phi) is 4.77. The Morgan fingerprint density at radius 3 is 2.54 bits per heavy atom. The number of carbonyl (C=O) groups is 1. The fraction of sp³-hybridized carbons (Fsp3) is 0.176. The molecule has 0 bridgehead atoms. The van der Waals surface area contributed by atoms with Crippen LogP contribution in [0.5, 0.6) is 0 Å². The van der Waals surface area contributed by atoms with Gasteiger partial charge in [0.1, 0.15) is 0 Å². The largest absolute Gasteiger partial charge is 0.364 e. The third-order valence-electron chi connectivity index (χ3n) is 3.67. The molecule has 132 valence electrons. The number of anilines is 1. The van der Waals surface area contributed by atoms with Gasteiger partial charge in [-0.15, -0.1) is 5.10 Å². The number of halogens is 1. The second-order valence-electron chi connectivity index (χ2n) is 6.07. The normalized spacial score (nSPS) is 11.2. The van der Waals surface area contributed by atoms with E-state index < -0.39 is 11.4 Å². The van der Waals surface area contributed by atoms with Crippen LogP contribution in [0.4, 0.5) is 5.95 Å². The zero-order chi connectivity index (χ0) is 18.7. The van der Waals surface area contributed by atoms with Gasteiger partial charge in [-0.3, -0.25) is 9.78 Å². The first kappa shape index (κ1) is 17.7. The molecule has 0 unspecified atom stereocenters. The smallest absolute Gasteiger partial charge is 0.269 e. The number of nitrogens with two attached hydrogens (primary N) is 1. The summed E-state index contributed by atoms with van der Waals surface area (Å²) < 4.78 is 0. The van der Waals surface area contributed by atoms with Crippen molar-refractivity contribution in [2.45, 2.75) is 19.4 Å². The molecule has 0 aromatic carbocycles. The highest BCUT2D eigenvalue weighted by atomic mass is 35.5. The Bertz CT molecular complexity index is 944. The van der Waals surface area contributed by atoms with Crippen molar-refractivity contribution in [1.82, 2.24) is 25.1 Å². The van der Waals surface area contributed by atoms with Crippen molar-refractivity contribution in [2.24, 2.45) is 5.73 Å². The number of carbonyl (C=O) groups excluding carboxylic acids is 1. The van der Waals surface area contributed by atoms with Crippen LogP contribution in [-0.2, 0) is 5.54 Å². The van der Waals surface area contributed by atoms with Crippen LogP contribution < -0.4 is 11.1 Å². The minimum atomic E-state index is -0.646. The molecule has 8 nitrogen and oxygen atoms in total. The van der Waals surface area contributed by atoms with Crippen molar-refractivity contribution in [3.63, 3.8) is 0 Å². The Labute approximate surface area is 154 Å². The van der Waals surface area contributed by atoms with Crippen molar-refractivity contribution in [3.05, 3.63) is 59.4 Å². The molecular weight excluding hydrogens is 354 g/mol. The van der Waals surface area contributed by atoms with Gasteiger partial charge in [-0.25, -0.2) is 9.97 Å². The highest BCUT2D eigenvalue weighted by molar-refractivity contribution is 6.31. The third-order valence-corrected chi connectivity index (χ3v) is 3.97. The van der Waals surface area contributed by atoms with E-state index in [2.05, 4.69) is 30.5 Å². The summed E-state index contributed by atoms with van der Waals surface area (Å²) in [6, 6.07) is 5.10. The van der Waals surface area contributed by atoms with E-state index in [0.29, 0.717) is 27.8 Å². The number of amides is 1. The summed E-state index contributed by atoms with van der Waals surface area (Å²) in [5.74, 6) is -0.231. The Hall–Kier alpha value is -3.13. The number of hydrogen-bond donors (Lipinski definition) is 2. The molecule has 3 aromatic heterocycles. The van der Waals surface area contributed by atoms with Crippen LogP contribution in [0.15, 0.2) is 43.0 Å². The van der Waals surface area contributed by atoms with Crippen molar-refractivity contribution in [3.8, 4) is 11.1 Å². The first-order valence-corrected chi connectivity index (χ1v) is 8.09. The fourth-order valence-corrected chi connectivity index (χ4v) is 2.73. The molecule has 0 fully saturated rings. The van der Waals surface area contributed by atoms with E-state index in [9.17, 15) is 4.79 Å². The Balaban J connectivity index is 1.83. The second kappa shape index (κ2) is 7.01. The summed E-state index contributed by atoms with van der Waals surface area (Å²) in [7, 11) is 0. The van der Waals surface area contributed by atoms with Gasteiger partial charge in [-0.05, 0) is 32.0 Å². The van der Waals surface area contributed by atoms with Crippen LogP contribution in [0, 0.1) is 0 Å². The topological polar surface area (TPSA) is 120 Å². The molecule has 0 aliphatic carbocycles. The molecule has 26 heavy (non-hydrogen) atoms. The maximum absolute atomic E-state index is 11.2. The maximum Gasteiger partial charge on any atom is 0.269 e. The van der Waals surface area contributed by atoms with Gasteiger partial charge in [0.25, 0.3) is 5.91 Å². The number of nitrogens with one attached hydrogen (secondary N) is 1. The van der Waals surface area contributed by atoms with Crippen LogP contribution in [0.2, 0.25) is 5.02 Å². The lowest BCUT2D eigenvalue weighted by Crippen LogP contribution is -2.30. The van der Waals surface area contributed by atoms with E-state index in [4.69, 9.17) is 17.3 Å². The lowest BCUT2D eigenvalue weighted by Gasteiger charge is -2.26. The molecule has 0 saturated carbocycles. The highest BCUT2D eigenvalue weighted by Gasteiger charge is 2.25. The fourth-order valence-electron chi connectivity index (χ4n) is 2.37. The molecule has 0 spiro atoms. The summed E-state index contributed by atoms with van der Waals surface area (Å²) >= 11 is 6.23. The van der Waals surface area contributed by atoms with E-state index in [0.717, 1.165) is 0 Å². The zero-order valence-electron chi connectivity index (χ0n) is 14.1. The number of primary amides is 1. The highest BCUT2D eigenvalue weighted by Crippen LogP contribution is 2.28. The van der Waals surface area contributed by atoms with Crippen molar-refractivity contribution < 1.29 is 4.79 Å². The zero-order valence-corrected chi connectivity index (χ0v) is 14.9. The quantitative estimate of drug-likeness (QED) is 0.708. The van der Waals surface area contributed by atoms with Gasteiger partial charge < -0.3 is 11.1 Å². The molecule has 9 heteroatoms. The Morgan fingerprint density at radius 2 is 1.88 bits per heavy atom. The van der Waals surface area contributed by atoms with E-state index in [1.165, 1.54) is 6.20 Å². The first-order chi connectivity index (χ1) is 12.4. The average molecular weight is 370 g/mol. The lowest BCUT2D eigenvalue weighted by atomic mass is 10.00. The molecule has 0 saturated heterocycles. The molecule has 3 aromatic rings. The average Bonchev–Trinajstić information content (AvgIpc) is 2.62. The standard InChI is InChI=1S/C17H16ClN7O/c1-17(2,14-12(18)4-3-5-20-14)24-16-21-7-11(8-22-16)10-6-13(15(19)26)25-23-9-10/h3-9H,1-2H3,(H2,19,26)(H,21,22,24). The maximum atomic E-state index is 11.2. The van der Waals surface area contributed by atoms with Crippen molar-refractivity contribution in [2.75, 3.05) is 5.32 Å². The third kappa shape index (κ3) is 3.75. The van der Waals surface area contributed by atoms with E-state index in [1.54, 1.807) is 36.8 Å². The van der Waals surface area contributed by atoms with Crippen LogP contribution in [0.1, 0.15) is 30.0 Å². The number of hydrogen-bond acceptors (Lipinski definition) is 7. The number of aromatic nitrogens is 5. The predicted octanol–water partition coefficient (Wildman–Crippen LogP) is 2.43. The van der Waals surface area contributed by atoms with Crippen LogP contribution in [0.3, 0.4) is 0 Å². The summed E-state index contributed by atoms with van der Waals surface area (Å²) in [5.41, 5.74) is 6.75. The molecule has 0 aliphatic heterocycles. The SMILES string of the molecule is CC(C)(Nc1ncc(-c2cnnc(C(N)=O)c2)cn1)c1ncccc1Cl. The van der Waals surface area contributed by atoms with Gasteiger partial charge in [0, 0.05) is 29.7 Å².